The third-order valence-corrected chi connectivity index (χ3v) is 6.43. The Morgan fingerprint density at radius 2 is 1.55 bits per heavy atom. The summed E-state index contributed by atoms with van der Waals surface area (Å²) >= 11 is 0. The van der Waals surface area contributed by atoms with E-state index in [1.54, 1.807) is 13.1 Å². The van der Waals surface area contributed by atoms with Crippen LogP contribution in [0.2, 0.25) is 0 Å². The SMILES string of the molecule is CN1C(=O)N(c2ccc(B3OC(C)(C)C(C)(C)O3)c(F)c2)CC1c1cc(F)cc(F)c1. The van der Waals surface area contributed by atoms with E-state index >= 15 is 0 Å². The van der Waals surface area contributed by atoms with Gasteiger partial charge in [0.1, 0.15) is 17.5 Å². The highest BCUT2D eigenvalue weighted by atomic mass is 19.1. The minimum absolute atomic E-state index is 0.132. The lowest BCUT2D eigenvalue weighted by molar-refractivity contribution is 0.00578. The molecule has 4 rings (SSSR count). The number of nitrogens with zero attached hydrogens (tertiary/aromatic N) is 2. The monoisotopic (exact) mass is 432 g/mol. The van der Waals surface area contributed by atoms with Crippen molar-refractivity contribution < 1.29 is 27.3 Å². The molecule has 0 spiro atoms. The van der Waals surface area contributed by atoms with Crippen molar-refractivity contribution >= 4 is 24.3 Å². The fraction of sp³-hybridized carbons (Fsp3) is 0.409. The van der Waals surface area contributed by atoms with Crippen molar-refractivity contribution in [3.63, 3.8) is 0 Å². The zero-order valence-electron chi connectivity index (χ0n) is 18.1. The molecule has 164 valence electrons. The number of hydrogen-bond acceptors (Lipinski definition) is 3. The van der Waals surface area contributed by atoms with Gasteiger partial charge >= 0.3 is 13.1 Å². The second kappa shape index (κ2) is 7.27. The maximum absolute atomic E-state index is 15.0. The predicted octanol–water partition coefficient (Wildman–Crippen LogP) is 4.02. The average molecular weight is 432 g/mol. The number of amides is 2. The number of likely N-dealkylation sites (N-methyl/N-ethyl adjacent to an activating group) is 1. The lowest BCUT2D eigenvalue weighted by Crippen LogP contribution is -2.41. The van der Waals surface area contributed by atoms with Crippen molar-refractivity contribution in [3.8, 4) is 0 Å². The van der Waals surface area contributed by atoms with E-state index in [0.717, 1.165) is 6.07 Å². The first-order valence-electron chi connectivity index (χ1n) is 10.0. The summed E-state index contributed by atoms with van der Waals surface area (Å²) in [5.74, 6) is -1.99. The summed E-state index contributed by atoms with van der Waals surface area (Å²) in [5, 5.41) is 0. The Kier molecular flexibility index (Phi) is 5.09. The van der Waals surface area contributed by atoms with Crippen LogP contribution in [0.3, 0.4) is 0 Å². The fourth-order valence-electron chi connectivity index (χ4n) is 3.85. The third kappa shape index (κ3) is 3.70. The molecule has 2 aromatic carbocycles. The van der Waals surface area contributed by atoms with Crippen LogP contribution in [0.15, 0.2) is 36.4 Å². The molecule has 9 heteroatoms. The van der Waals surface area contributed by atoms with Gasteiger partial charge in [-0.15, -0.1) is 0 Å². The van der Waals surface area contributed by atoms with Gasteiger partial charge in [0.25, 0.3) is 0 Å². The number of carbonyl (C=O) groups excluding carboxylic acids is 1. The zero-order chi connectivity index (χ0) is 22.7. The molecule has 2 aliphatic rings. The molecule has 2 heterocycles. The topological polar surface area (TPSA) is 42.0 Å². The van der Waals surface area contributed by atoms with Gasteiger partial charge in [0, 0.05) is 24.3 Å². The quantitative estimate of drug-likeness (QED) is 0.689. The minimum Gasteiger partial charge on any atom is -0.399 e. The van der Waals surface area contributed by atoms with Gasteiger partial charge < -0.3 is 14.2 Å². The Bertz CT molecular complexity index is 1010. The molecule has 0 saturated carbocycles. The maximum Gasteiger partial charge on any atom is 0.497 e. The number of carbonyl (C=O) groups is 1. The molecule has 2 fully saturated rings. The van der Waals surface area contributed by atoms with E-state index < -0.39 is 47.8 Å². The Morgan fingerprint density at radius 3 is 2.10 bits per heavy atom. The first kappa shape index (κ1) is 21.7. The van der Waals surface area contributed by atoms with Gasteiger partial charge in [-0.3, -0.25) is 4.90 Å². The van der Waals surface area contributed by atoms with Crippen molar-refractivity contribution in [3.05, 3.63) is 59.4 Å². The summed E-state index contributed by atoms with van der Waals surface area (Å²) < 4.78 is 54.1. The van der Waals surface area contributed by atoms with Gasteiger partial charge in [-0.25, -0.2) is 18.0 Å². The van der Waals surface area contributed by atoms with Gasteiger partial charge in [-0.1, -0.05) is 6.07 Å². The maximum atomic E-state index is 15.0. The molecule has 2 aromatic rings. The highest BCUT2D eigenvalue weighted by Gasteiger charge is 2.52. The molecule has 1 atom stereocenters. The summed E-state index contributed by atoms with van der Waals surface area (Å²) in [5.41, 5.74) is -0.293. The lowest BCUT2D eigenvalue weighted by Gasteiger charge is -2.32. The van der Waals surface area contributed by atoms with Crippen LogP contribution in [-0.2, 0) is 9.31 Å². The average Bonchev–Trinajstić information content (AvgIpc) is 3.06. The van der Waals surface area contributed by atoms with E-state index in [0.29, 0.717) is 11.3 Å². The lowest BCUT2D eigenvalue weighted by atomic mass is 9.78. The number of hydrogen-bond donors (Lipinski definition) is 0. The molecule has 0 N–H and O–H groups in total. The summed E-state index contributed by atoms with van der Waals surface area (Å²) in [7, 11) is 0.685. The van der Waals surface area contributed by atoms with E-state index in [2.05, 4.69) is 0 Å². The van der Waals surface area contributed by atoms with E-state index in [9.17, 15) is 18.0 Å². The van der Waals surface area contributed by atoms with Crippen molar-refractivity contribution in [2.24, 2.45) is 0 Å². The number of halogens is 3. The summed E-state index contributed by atoms with van der Waals surface area (Å²) in [6.07, 6.45) is 0. The number of rotatable bonds is 3. The van der Waals surface area contributed by atoms with Crippen molar-refractivity contribution in [2.45, 2.75) is 44.9 Å². The molecule has 31 heavy (non-hydrogen) atoms. The molecule has 2 aliphatic heterocycles. The Balaban J connectivity index is 1.59. The molecule has 0 aromatic heterocycles. The van der Waals surface area contributed by atoms with Crippen LogP contribution in [-0.4, -0.2) is 42.8 Å². The van der Waals surface area contributed by atoms with Crippen LogP contribution in [0.5, 0.6) is 0 Å². The predicted molar refractivity (Wildman–Crippen MR) is 112 cm³/mol. The number of benzene rings is 2. The molecule has 5 nitrogen and oxygen atoms in total. The Morgan fingerprint density at radius 1 is 0.968 bits per heavy atom. The normalized spacial score (nSPS) is 22.5. The second-order valence-electron chi connectivity index (χ2n) is 9.02. The van der Waals surface area contributed by atoms with Gasteiger partial charge in [0.15, 0.2) is 0 Å². The zero-order valence-corrected chi connectivity index (χ0v) is 18.1. The van der Waals surface area contributed by atoms with Crippen molar-refractivity contribution in [1.82, 2.24) is 4.90 Å². The highest BCUT2D eigenvalue weighted by molar-refractivity contribution is 6.62. The molecule has 0 bridgehead atoms. The number of anilines is 1. The molecule has 2 saturated heterocycles. The van der Waals surface area contributed by atoms with Crippen LogP contribution in [0.1, 0.15) is 39.3 Å². The second-order valence-corrected chi connectivity index (χ2v) is 9.02. The van der Waals surface area contributed by atoms with Crippen molar-refractivity contribution in [2.75, 3.05) is 18.5 Å². The van der Waals surface area contributed by atoms with Crippen molar-refractivity contribution in [1.29, 1.82) is 0 Å². The Labute approximate surface area is 179 Å². The molecular formula is C22H24BF3N2O3. The molecule has 0 radical (unpaired) electrons. The number of urea groups is 1. The standard InChI is InChI=1S/C22H24BF3N2O3/c1-21(2)22(3,4)31-23(30-21)17-7-6-16(11-18(17)26)28-12-19(27(5)20(28)29)13-8-14(24)10-15(25)9-13/h6-11,19H,12H2,1-5H3. The van der Waals surface area contributed by atoms with Gasteiger partial charge in [0.2, 0.25) is 0 Å². The fourth-order valence-corrected chi connectivity index (χ4v) is 3.85. The summed E-state index contributed by atoms with van der Waals surface area (Å²) in [6.45, 7) is 7.66. The van der Waals surface area contributed by atoms with Gasteiger partial charge in [-0.05, 0) is 57.5 Å². The summed E-state index contributed by atoms with van der Waals surface area (Å²) in [4.78, 5) is 15.5. The van der Waals surface area contributed by atoms with E-state index in [1.165, 1.54) is 34.1 Å². The molecule has 1 unspecified atom stereocenters. The highest BCUT2D eigenvalue weighted by Crippen LogP contribution is 2.37. The van der Waals surface area contributed by atoms with E-state index in [1.807, 2.05) is 27.7 Å². The van der Waals surface area contributed by atoms with E-state index in [4.69, 9.17) is 9.31 Å². The molecule has 2 amide bonds. The summed E-state index contributed by atoms with van der Waals surface area (Å²) in [6, 6.07) is 6.62. The molecule has 0 aliphatic carbocycles. The first-order valence-corrected chi connectivity index (χ1v) is 10.0. The van der Waals surface area contributed by atoms with Crippen LogP contribution < -0.4 is 10.4 Å². The smallest absolute Gasteiger partial charge is 0.399 e. The van der Waals surface area contributed by atoms with Gasteiger partial charge in [-0.2, -0.15) is 0 Å². The van der Waals surface area contributed by atoms with Gasteiger partial charge in [0.05, 0.1) is 23.8 Å². The van der Waals surface area contributed by atoms with Crippen LogP contribution >= 0.6 is 0 Å². The van der Waals surface area contributed by atoms with Crippen LogP contribution in [0.4, 0.5) is 23.7 Å². The van der Waals surface area contributed by atoms with Crippen LogP contribution in [0, 0.1) is 17.5 Å². The minimum atomic E-state index is -0.862. The first-order chi connectivity index (χ1) is 14.4. The molecular weight excluding hydrogens is 408 g/mol. The van der Waals surface area contributed by atoms with Crippen LogP contribution in [0.25, 0.3) is 0 Å². The third-order valence-electron chi connectivity index (χ3n) is 6.43. The van der Waals surface area contributed by atoms with E-state index in [-0.39, 0.29) is 12.0 Å². The Hall–Kier alpha value is -2.52. The largest absolute Gasteiger partial charge is 0.497 e.